The summed E-state index contributed by atoms with van der Waals surface area (Å²) in [5.74, 6) is 2.34. The lowest BCUT2D eigenvalue weighted by Gasteiger charge is -2.34. The maximum absolute atomic E-state index is 5.81. The standard InChI is InChI=1S/C17H23N3S/c1-2-15-12-20(9-10-21-15)17-14(7-8-18)11-13-5-3-4-6-16(13)19-17/h3-6,11,15H,2,7-10,12,18H2,1H3. The number of anilines is 1. The van der Waals surface area contributed by atoms with Crippen molar-refractivity contribution < 1.29 is 0 Å². The average Bonchev–Trinajstić information content (AvgIpc) is 2.54. The Labute approximate surface area is 130 Å². The van der Waals surface area contributed by atoms with Crippen molar-refractivity contribution in [3.63, 3.8) is 0 Å². The van der Waals surface area contributed by atoms with E-state index in [4.69, 9.17) is 10.7 Å². The minimum Gasteiger partial charge on any atom is -0.354 e. The first-order valence-electron chi connectivity index (χ1n) is 7.77. The highest BCUT2D eigenvalue weighted by molar-refractivity contribution is 8.00. The minimum atomic E-state index is 0.673. The molecule has 0 aliphatic carbocycles. The molecule has 4 heteroatoms. The van der Waals surface area contributed by atoms with Crippen LogP contribution in [0.5, 0.6) is 0 Å². The van der Waals surface area contributed by atoms with Gasteiger partial charge in [-0.15, -0.1) is 0 Å². The lowest BCUT2D eigenvalue weighted by atomic mass is 10.1. The highest BCUT2D eigenvalue weighted by atomic mass is 32.2. The molecule has 0 spiro atoms. The fourth-order valence-corrected chi connectivity index (χ4v) is 4.10. The first-order chi connectivity index (χ1) is 10.3. The number of pyridine rings is 1. The molecule has 3 nitrogen and oxygen atoms in total. The van der Waals surface area contributed by atoms with Gasteiger partial charge in [0.2, 0.25) is 0 Å². The van der Waals surface area contributed by atoms with E-state index >= 15 is 0 Å². The number of hydrogen-bond acceptors (Lipinski definition) is 4. The third-order valence-electron chi connectivity index (χ3n) is 4.09. The molecule has 1 aliphatic heterocycles. The fourth-order valence-electron chi connectivity index (χ4n) is 2.92. The average molecular weight is 301 g/mol. The number of nitrogens with two attached hydrogens (primary N) is 1. The van der Waals surface area contributed by atoms with E-state index in [0.717, 1.165) is 36.1 Å². The van der Waals surface area contributed by atoms with E-state index in [2.05, 4.69) is 53.9 Å². The zero-order valence-electron chi connectivity index (χ0n) is 12.6. The van der Waals surface area contributed by atoms with Crippen molar-refractivity contribution in [1.29, 1.82) is 0 Å². The van der Waals surface area contributed by atoms with Crippen LogP contribution in [-0.2, 0) is 6.42 Å². The van der Waals surface area contributed by atoms with Crippen molar-refractivity contribution in [2.75, 3.05) is 30.3 Å². The molecule has 2 aromatic rings. The maximum atomic E-state index is 5.81. The number of benzene rings is 1. The van der Waals surface area contributed by atoms with Gasteiger partial charge < -0.3 is 10.6 Å². The van der Waals surface area contributed by atoms with Crippen molar-refractivity contribution in [3.8, 4) is 0 Å². The Balaban J connectivity index is 2.00. The molecule has 2 N–H and O–H groups in total. The van der Waals surface area contributed by atoms with E-state index in [-0.39, 0.29) is 0 Å². The van der Waals surface area contributed by atoms with Crippen molar-refractivity contribution in [3.05, 3.63) is 35.9 Å². The molecule has 112 valence electrons. The van der Waals surface area contributed by atoms with Gasteiger partial charge >= 0.3 is 0 Å². The number of rotatable bonds is 4. The Hall–Kier alpha value is -1.26. The topological polar surface area (TPSA) is 42.2 Å². The lowest BCUT2D eigenvalue weighted by Crippen LogP contribution is -2.38. The van der Waals surface area contributed by atoms with Gasteiger partial charge in [0.15, 0.2) is 0 Å². The monoisotopic (exact) mass is 301 g/mol. The van der Waals surface area contributed by atoms with Gasteiger partial charge in [0.1, 0.15) is 5.82 Å². The number of para-hydroxylation sites is 1. The van der Waals surface area contributed by atoms with Crippen LogP contribution in [0.4, 0.5) is 5.82 Å². The summed E-state index contributed by atoms with van der Waals surface area (Å²) < 4.78 is 0. The van der Waals surface area contributed by atoms with Gasteiger partial charge in [-0.05, 0) is 37.1 Å². The van der Waals surface area contributed by atoms with E-state index in [9.17, 15) is 0 Å². The van der Waals surface area contributed by atoms with Gasteiger partial charge in [-0.3, -0.25) is 0 Å². The van der Waals surface area contributed by atoms with Crippen LogP contribution in [0.3, 0.4) is 0 Å². The fraction of sp³-hybridized carbons (Fsp3) is 0.471. The molecular formula is C17H23N3S. The van der Waals surface area contributed by atoms with Gasteiger partial charge in [-0.2, -0.15) is 11.8 Å². The largest absolute Gasteiger partial charge is 0.354 e. The van der Waals surface area contributed by atoms with Crippen molar-refractivity contribution in [2.24, 2.45) is 5.73 Å². The summed E-state index contributed by atoms with van der Waals surface area (Å²) in [5.41, 5.74) is 8.18. The summed E-state index contributed by atoms with van der Waals surface area (Å²) in [6.07, 6.45) is 2.12. The normalized spacial score (nSPS) is 19.1. The lowest BCUT2D eigenvalue weighted by molar-refractivity contribution is 0.716. The molecular weight excluding hydrogens is 278 g/mol. The predicted molar refractivity (Wildman–Crippen MR) is 93.3 cm³/mol. The van der Waals surface area contributed by atoms with E-state index in [1.165, 1.54) is 23.1 Å². The molecule has 1 unspecified atom stereocenters. The highest BCUT2D eigenvalue weighted by Crippen LogP contribution is 2.29. The van der Waals surface area contributed by atoms with Crippen LogP contribution in [0.15, 0.2) is 30.3 Å². The van der Waals surface area contributed by atoms with Crippen LogP contribution in [0.1, 0.15) is 18.9 Å². The second-order valence-corrected chi connectivity index (χ2v) is 6.96. The Kier molecular flexibility index (Phi) is 4.66. The third-order valence-corrected chi connectivity index (χ3v) is 5.46. The van der Waals surface area contributed by atoms with Gasteiger partial charge in [0.05, 0.1) is 5.52 Å². The van der Waals surface area contributed by atoms with Crippen LogP contribution < -0.4 is 10.6 Å². The first kappa shape index (κ1) is 14.7. The molecule has 21 heavy (non-hydrogen) atoms. The summed E-state index contributed by atoms with van der Waals surface area (Å²) >= 11 is 2.09. The van der Waals surface area contributed by atoms with Crippen LogP contribution in [0.2, 0.25) is 0 Å². The smallest absolute Gasteiger partial charge is 0.132 e. The second-order valence-electron chi connectivity index (χ2n) is 5.55. The van der Waals surface area contributed by atoms with Gasteiger partial charge in [-0.1, -0.05) is 25.1 Å². The summed E-state index contributed by atoms with van der Waals surface area (Å²) in [6, 6.07) is 10.6. The molecule has 0 radical (unpaired) electrons. The molecule has 1 atom stereocenters. The summed E-state index contributed by atoms with van der Waals surface area (Å²) in [4.78, 5) is 7.41. The molecule has 3 rings (SSSR count). The summed E-state index contributed by atoms with van der Waals surface area (Å²) in [5, 5.41) is 1.93. The molecule has 0 saturated carbocycles. The number of fused-ring (bicyclic) bond motifs is 1. The molecule has 1 saturated heterocycles. The maximum Gasteiger partial charge on any atom is 0.132 e. The van der Waals surface area contributed by atoms with Crippen molar-refractivity contribution in [1.82, 2.24) is 4.98 Å². The van der Waals surface area contributed by atoms with Gasteiger partial charge in [0.25, 0.3) is 0 Å². The third kappa shape index (κ3) is 3.16. The van der Waals surface area contributed by atoms with Crippen LogP contribution >= 0.6 is 11.8 Å². The predicted octanol–water partition coefficient (Wildman–Crippen LogP) is 3.07. The summed E-state index contributed by atoms with van der Waals surface area (Å²) in [6.45, 7) is 5.14. The van der Waals surface area contributed by atoms with E-state index in [0.29, 0.717) is 6.54 Å². The quantitative estimate of drug-likeness (QED) is 0.942. The molecule has 0 bridgehead atoms. The zero-order chi connectivity index (χ0) is 14.7. The Morgan fingerprint density at radius 1 is 1.38 bits per heavy atom. The molecule has 0 amide bonds. The van der Waals surface area contributed by atoms with Crippen molar-refractivity contribution in [2.45, 2.75) is 25.0 Å². The van der Waals surface area contributed by atoms with E-state index < -0.39 is 0 Å². The van der Waals surface area contributed by atoms with E-state index in [1.807, 2.05) is 0 Å². The number of nitrogens with zero attached hydrogens (tertiary/aromatic N) is 2. The van der Waals surface area contributed by atoms with Crippen LogP contribution in [0, 0.1) is 0 Å². The van der Waals surface area contributed by atoms with Crippen LogP contribution in [0.25, 0.3) is 10.9 Å². The second kappa shape index (κ2) is 6.67. The van der Waals surface area contributed by atoms with Crippen LogP contribution in [-0.4, -0.2) is 35.6 Å². The number of hydrogen-bond donors (Lipinski definition) is 1. The van der Waals surface area contributed by atoms with Gasteiger partial charge in [0, 0.05) is 29.5 Å². The SMILES string of the molecule is CCC1CN(c2nc3ccccc3cc2CCN)CCS1. The molecule has 1 aliphatic rings. The number of thioether (sulfide) groups is 1. The first-order valence-corrected chi connectivity index (χ1v) is 8.82. The molecule has 1 fully saturated rings. The Morgan fingerprint density at radius 2 is 2.24 bits per heavy atom. The summed E-state index contributed by atoms with van der Waals surface area (Å²) in [7, 11) is 0. The Bertz CT molecular complexity index is 614. The van der Waals surface area contributed by atoms with Gasteiger partial charge in [-0.25, -0.2) is 4.98 Å². The molecule has 1 aromatic heterocycles. The minimum absolute atomic E-state index is 0.673. The zero-order valence-corrected chi connectivity index (χ0v) is 13.4. The number of aromatic nitrogens is 1. The highest BCUT2D eigenvalue weighted by Gasteiger charge is 2.22. The van der Waals surface area contributed by atoms with Crippen molar-refractivity contribution >= 4 is 28.5 Å². The molecule has 1 aromatic carbocycles. The van der Waals surface area contributed by atoms with E-state index in [1.54, 1.807) is 0 Å². The Morgan fingerprint density at radius 3 is 3.05 bits per heavy atom. The molecule has 2 heterocycles.